The normalized spacial score (nSPS) is 21.3. The summed E-state index contributed by atoms with van der Waals surface area (Å²) in [6.07, 6.45) is 1.53. The number of carbonyl (C=O) groups is 1. The molecule has 1 aromatic carbocycles. The standard InChI is InChI=1S/C19H30N2O2/c1-18(2,3)15-9-7-8-10-16(15)20-13-11-14(12-13)21-17(22)23-19(4,5)6/h7-10,13-14,20H,11-12H2,1-6H3,(H,21,22). The number of benzene rings is 1. The van der Waals surface area contributed by atoms with Crippen LogP contribution in [0, 0.1) is 0 Å². The molecule has 2 N–H and O–H groups in total. The molecular formula is C19H30N2O2. The van der Waals surface area contributed by atoms with Gasteiger partial charge in [0.1, 0.15) is 5.60 Å². The predicted octanol–water partition coefficient (Wildman–Crippen LogP) is 4.45. The van der Waals surface area contributed by atoms with Crippen LogP contribution in [0.5, 0.6) is 0 Å². The van der Waals surface area contributed by atoms with E-state index in [2.05, 4.69) is 55.7 Å². The largest absolute Gasteiger partial charge is 0.444 e. The zero-order valence-corrected chi connectivity index (χ0v) is 15.2. The summed E-state index contributed by atoms with van der Waals surface area (Å²) >= 11 is 0. The summed E-state index contributed by atoms with van der Waals surface area (Å²) < 4.78 is 5.29. The van der Waals surface area contributed by atoms with Crippen LogP contribution in [0.4, 0.5) is 10.5 Å². The smallest absolute Gasteiger partial charge is 0.407 e. The number of ether oxygens (including phenoxy) is 1. The van der Waals surface area contributed by atoms with E-state index in [0.29, 0.717) is 6.04 Å². The van der Waals surface area contributed by atoms with Gasteiger partial charge in [-0.15, -0.1) is 0 Å². The second-order valence-electron chi connectivity index (χ2n) is 8.45. The number of carbonyl (C=O) groups excluding carboxylic acids is 1. The summed E-state index contributed by atoms with van der Waals surface area (Å²) in [5, 5.41) is 6.55. The molecule has 0 spiro atoms. The second kappa shape index (κ2) is 6.42. The lowest BCUT2D eigenvalue weighted by atomic mass is 9.83. The van der Waals surface area contributed by atoms with Crippen LogP contribution >= 0.6 is 0 Å². The van der Waals surface area contributed by atoms with Crippen molar-refractivity contribution in [3.63, 3.8) is 0 Å². The third-order valence-corrected chi connectivity index (χ3v) is 3.95. The van der Waals surface area contributed by atoms with E-state index < -0.39 is 5.60 Å². The molecule has 1 aromatic rings. The topological polar surface area (TPSA) is 50.4 Å². The average Bonchev–Trinajstić information content (AvgIpc) is 2.33. The van der Waals surface area contributed by atoms with E-state index in [4.69, 9.17) is 4.74 Å². The lowest BCUT2D eigenvalue weighted by Gasteiger charge is -2.38. The van der Waals surface area contributed by atoms with Crippen LogP contribution in [0.15, 0.2) is 24.3 Å². The highest BCUT2D eigenvalue weighted by atomic mass is 16.6. The fourth-order valence-electron chi connectivity index (χ4n) is 2.81. The molecule has 23 heavy (non-hydrogen) atoms. The maximum absolute atomic E-state index is 11.8. The summed E-state index contributed by atoms with van der Waals surface area (Å²) in [6.45, 7) is 12.3. The van der Waals surface area contributed by atoms with Gasteiger partial charge in [-0.1, -0.05) is 39.0 Å². The predicted molar refractivity (Wildman–Crippen MR) is 94.9 cm³/mol. The van der Waals surface area contributed by atoms with Crippen molar-refractivity contribution >= 4 is 11.8 Å². The van der Waals surface area contributed by atoms with Crippen molar-refractivity contribution in [2.24, 2.45) is 0 Å². The molecule has 0 atom stereocenters. The maximum Gasteiger partial charge on any atom is 0.407 e. The van der Waals surface area contributed by atoms with Crippen LogP contribution in [0.2, 0.25) is 0 Å². The molecule has 2 rings (SSSR count). The molecule has 1 saturated carbocycles. The molecule has 0 radical (unpaired) electrons. The first-order chi connectivity index (χ1) is 10.5. The first kappa shape index (κ1) is 17.6. The van der Waals surface area contributed by atoms with Gasteiger partial charge in [-0.05, 0) is 50.7 Å². The van der Waals surface area contributed by atoms with E-state index >= 15 is 0 Å². The Morgan fingerprint density at radius 3 is 2.22 bits per heavy atom. The van der Waals surface area contributed by atoms with Gasteiger partial charge in [-0.25, -0.2) is 4.79 Å². The first-order valence-electron chi connectivity index (χ1n) is 8.40. The Morgan fingerprint density at radius 1 is 1.04 bits per heavy atom. The fraction of sp³-hybridized carbons (Fsp3) is 0.632. The molecule has 1 aliphatic rings. The lowest BCUT2D eigenvalue weighted by Crippen LogP contribution is -2.50. The van der Waals surface area contributed by atoms with Gasteiger partial charge in [0.05, 0.1) is 0 Å². The quantitative estimate of drug-likeness (QED) is 0.865. The van der Waals surface area contributed by atoms with Crippen molar-refractivity contribution in [3.05, 3.63) is 29.8 Å². The first-order valence-corrected chi connectivity index (χ1v) is 8.40. The van der Waals surface area contributed by atoms with Crippen molar-refractivity contribution in [1.29, 1.82) is 0 Å². The van der Waals surface area contributed by atoms with Gasteiger partial charge in [-0.3, -0.25) is 0 Å². The molecule has 0 saturated heterocycles. The van der Waals surface area contributed by atoms with Crippen LogP contribution in [0.1, 0.15) is 59.9 Å². The number of para-hydroxylation sites is 1. The Balaban J connectivity index is 1.84. The Kier molecular flexibility index (Phi) is 4.92. The average molecular weight is 318 g/mol. The van der Waals surface area contributed by atoms with E-state index in [1.165, 1.54) is 11.3 Å². The molecular weight excluding hydrogens is 288 g/mol. The van der Waals surface area contributed by atoms with E-state index in [-0.39, 0.29) is 17.6 Å². The van der Waals surface area contributed by atoms with Gasteiger partial charge >= 0.3 is 6.09 Å². The molecule has 1 amide bonds. The molecule has 1 aliphatic carbocycles. The van der Waals surface area contributed by atoms with Gasteiger partial charge in [0.25, 0.3) is 0 Å². The number of rotatable bonds is 3. The molecule has 0 bridgehead atoms. The minimum atomic E-state index is -0.447. The van der Waals surface area contributed by atoms with Crippen LogP contribution in [0.3, 0.4) is 0 Å². The van der Waals surface area contributed by atoms with Crippen LogP contribution in [-0.2, 0) is 10.2 Å². The molecule has 0 unspecified atom stereocenters. The summed E-state index contributed by atoms with van der Waals surface area (Å²) in [4.78, 5) is 11.8. The van der Waals surface area contributed by atoms with Crippen molar-refractivity contribution in [3.8, 4) is 0 Å². The Hall–Kier alpha value is -1.71. The van der Waals surface area contributed by atoms with E-state index in [1.807, 2.05) is 20.8 Å². The van der Waals surface area contributed by atoms with Crippen molar-refractivity contribution in [2.45, 2.75) is 77.5 Å². The number of anilines is 1. The van der Waals surface area contributed by atoms with Crippen LogP contribution < -0.4 is 10.6 Å². The fourth-order valence-corrected chi connectivity index (χ4v) is 2.81. The third kappa shape index (κ3) is 5.15. The SMILES string of the molecule is CC(C)(C)OC(=O)NC1CC(Nc2ccccc2C(C)(C)C)C1. The Labute approximate surface area is 140 Å². The molecule has 0 aliphatic heterocycles. The molecule has 0 aromatic heterocycles. The minimum absolute atomic E-state index is 0.113. The summed E-state index contributed by atoms with van der Waals surface area (Å²) in [7, 11) is 0. The van der Waals surface area contributed by atoms with Gasteiger partial charge in [0.15, 0.2) is 0 Å². The van der Waals surface area contributed by atoms with Crippen molar-refractivity contribution < 1.29 is 9.53 Å². The van der Waals surface area contributed by atoms with Gasteiger partial charge in [0.2, 0.25) is 0 Å². The van der Waals surface area contributed by atoms with Gasteiger partial charge < -0.3 is 15.4 Å². The zero-order chi connectivity index (χ0) is 17.3. The molecule has 0 heterocycles. The number of amides is 1. The number of hydrogen-bond acceptors (Lipinski definition) is 3. The second-order valence-corrected chi connectivity index (χ2v) is 8.45. The molecule has 128 valence electrons. The highest BCUT2D eigenvalue weighted by Crippen LogP contribution is 2.32. The van der Waals surface area contributed by atoms with Crippen molar-refractivity contribution in [2.75, 3.05) is 5.32 Å². The number of hydrogen-bond donors (Lipinski definition) is 2. The molecule has 4 heteroatoms. The summed E-state index contributed by atoms with van der Waals surface area (Å²) in [5.74, 6) is 0. The maximum atomic E-state index is 11.8. The Bertz CT molecular complexity index is 549. The van der Waals surface area contributed by atoms with E-state index in [1.54, 1.807) is 0 Å². The number of alkyl carbamates (subject to hydrolysis) is 1. The van der Waals surface area contributed by atoms with E-state index in [0.717, 1.165) is 12.8 Å². The summed E-state index contributed by atoms with van der Waals surface area (Å²) in [5.41, 5.74) is 2.18. The lowest BCUT2D eigenvalue weighted by molar-refractivity contribution is 0.0475. The van der Waals surface area contributed by atoms with Crippen molar-refractivity contribution in [1.82, 2.24) is 5.32 Å². The third-order valence-electron chi connectivity index (χ3n) is 3.95. The van der Waals surface area contributed by atoms with Gasteiger partial charge in [-0.2, -0.15) is 0 Å². The van der Waals surface area contributed by atoms with E-state index in [9.17, 15) is 4.79 Å². The number of nitrogens with one attached hydrogen (secondary N) is 2. The monoisotopic (exact) mass is 318 g/mol. The Morgan fingerprint density at radius 2 is 1.65 bits per heavy atom. The molecule has 4 nitrogen and oxygen atoms in total. The summed E-state index contributed by atoms with van der Waals surface area (Å²) in [6, 6.07) is 9.06. The minimum Gasteiger partial charge on any atom is -0.444 e. The highest BCUT2D eigenvalue weighted by Gasteiger charge is 2.32. The zero-order valence-electron chi connectivity index (χ0n) is 15.2. The van der Waals surface area contributed by atoms with Crippen LogP contribution in [-0.4, -0.2) is 23.8 Å². The highest BCUT2D eigenvalue weighted by molar-refractivity contribution is 5.68. The van der Waals surface area contributed by atoms with Crippen LogP contribution in [0.25, 0.3) is 0 Å². The molecule has 1 fully saturated rings. The van der Waals surface area contributed by atoms with Gasteiger partial charge in [0, 0.05) is 17.8 Å².